The molecule has 1 amide bonds. The Balaban J connectivity index is 2.42. The first-order valence-electron chi connectivity index (χ1n) is 6.25. The van der Waals surface area contributed by atoms with E-state index in [-0.39, 0.29) is 25.2 Å². The van der Waals surface area contributed by atoms with Gasteiger partial charge in [-0.25, -0.2) is 0 Å². The number of rotatable bonds is 9. The zero-order chi connectivity index (χ0) is 15.0. The monoisotopic (exact) mass is 299 g/mol. The van der Waals surface area contributed by atoms with Crippen LogP contribution in [-0.2, 0) is 14.4 Å². The van der Waals surface area contributed by atoms with E-state index in [1.54, 1.807) is 12.1 Å². The van der Waals surface area contributed by atoms with Crippen LogP contribution in [0.3, 0.4) is 0 Å². The molecule has 1 rings (SSSR count). The third kappa shape index (κ3) is 6.33. The quantitative estimate of drug-likeness (QED) is 0.605. The van der Waals surface area contributed by atoms with Crippen molar-refractivity contribution in [3.8, 4) is 0 Å². The van der Waals surface area contributed by atoms with E-state index in [1.165, 1.54) is 11.3 Å². The first-order valence-corrected chi connectivity index (χ1v) is 7.13. The van der Waals surface area contributed by atoms with Gasteiger partial charge in [-0.1, -0.05) is 6.07 Å². The lowest BCUT2D eigenvalue weighted by molar-refractivity contribution is -0.138. The van der Waals surface area contributed by atoms with Crippen LogP contribution < -0.4 is 5.32 Å². The minimum absolute atomic E-state index is 0.0385. The summed E-state index contributed by atoms with van der Waals surface area (Å²) in [6, 6.07) is 3.05. The second-order valence-corrected chi connectivity index (χ2v) is 5.31. The molecule has 0 fully saturated rings. The van der Waals surface area contributed by atoms with Crippen molar-refractivity contribution in [2.45, 2.75) is 38.1 Å². The Bertz CT molecular complexity index is 457. The molecule has 1 aromatic heterocycles. The fraction of sp³-hybridized carbons (Fsp3) is 0.462. The van der Waals surface area contributed by atoms with Gasteiger partial charge in [0.1, 0.15) is 0 Å². The second-order valence-electron chi connectivity index (χ2n) is 4.33. The van der Waals surface area contributed by atoms with Crippen molar-refractivity contribution in [2.75, 3.05) is 0 Å². The van der Waals surface area contributed by atoms with Crippen LogP contribution in [0.1, 0.15) is 43.0 Å². The van der Waals surface area contributed by atoms with Gasteiger partial charge < -0.3 is 15.5 Å². The standard InChI is InChI=1S/C13H17NO5S/c15-11(5-1-2-6-12(16)17)14-9(8-13(18)19)10-4-3-7-20-10/h3-4,7,9H,1-2,5-6,8H2,(H,14,15)(H,16,17)(H,18,19). The predicted octanol–water partition coefficient (Wildman–Crippen LogP) is 2.03. The molecular formula is C13H17NO5S. The van der Waals surface area contributed by atoms with Crippen LogP contribution in [-0.4, -0.2) is 28.1 Å². The normalized spacial score (nSPS) is 11.8. The molecule has 7 heteroatoms. The molecule has 20 heavy (non-hydrogen) atoms. The molecule has 0 spiro atoms. The molecule has 1 heterocycles. The smallest absolute Gasteiger partial charge is 0.305 e. The van der Waals surface area contributed by atoms with E-state index in [0.29, 0.717) is 12.8 Å². The Kier molecular flexibility index (Phi) is 6.72. The molecule has 110 valence electrons. The number of aliphatic carboxylic acids is 2. The van der Waals surface area contributed by atoms with E-state index in [4.69, 9.17) is 10.2 Å². The molecule has 1 unspecified atom stereocenters. The summed E-state index contributed by atoms with van der Waals surface area (Å²) in [5, 5.41) is 21.8. The molecule has 0 aliphatic heterocycles. The van der Waals surface area contributed by atoms with Crippen molar-refractivity contribution in [1.29, 1.82) is 0 Å². The summed E-state index contributed by atoms with van der Waals surface area (Å²) in [5.41, 5.74) is 0. The largest absolute Gasteiger partial charge is 0.481 e. The molecule has 0 saturated heterocycles. The third-order valence-corrected chi connectivity index (χ3v) is 3.63. The zero-order valence-corrected chi connectivity index (χ0v) is 11.7. The average Bonchev–Trinajstić information content (AvgIpc) is 2.86. The van der Waals surface area contributed by atoms with Gasteiger partial charge in [-0.15, -0.1) is 11.3 Å². The Labute approximate surface area is 120 Å². The molecule has 0 radical (unpaired) electrons. The van der Waals surface area contributed by atoms with Crippen LogP contribution >= 0.6 is 11.3 Å². The topological polar surface area (TPSA) is 104 Å². The summed E-state index contributed by atoms with van der Waals surface area (Å²) in [6.45, 7) is 0. The Hall–Kier alpha value is -1.89. The van der Waals surface area contributed by atoms with E-state index in [0.717, 1.165) is 4.88 Å². The van der Waals surface area contributed by atoms with Gasteiger partial charge in [0.15, 0.2) is 0 Å². The van der Waals surface area contributed by atoms with E-state index in [9.17, 15) is 14.4 Å². The van der Waals surface area contributed by atoms with Gasteiger partial charge in [-0.3, -0.25) is 14.4 Å². The van der Waals surface area contributed by atoms with Crippen LogP contribution in [0.2, 0.25) is 0 Å². The summed E-state index contributed by atoms with van der Waals surface area (Å²) in [4.78, 5) is 33.7. The Morgan fingerprint density at radius 2 is 1.85 bits per heavy atom. The minimum Gasteiger partial charge on any atom is -0.481 e. The third-order valence-electron chi connectivity index (χ3n) is 2.65. The molecule has 0 bridgehead atoms. The van der Waals surface area contributed by atoms with Crippen molar-refractivity contribution in [2.24, 2.45) is 0 Å². The van der Waals surface area contributed by atoms with Crippen LogP contribution in [0.4, 0.5) is 0 Å². The number of thiophene rings is 1. The van der Waals surface area contributed by atoms with E-state index in [2.05, 4.69) is 5.32 Å². The first-order chi connectivity index (χ1) is 9.49. The number of hydrogen-bond donors (Lipinski definition) is 3. The summed E-state index contributed by atoms with van der Waals surface area (Å²) in [6.07, 6.45) is 0.987. The zero-order valence-electron chi connectivity index (χ0n) is 10.9. The highest BCUT2D eigenvalue weighted by atomic mass is 32.1. The fourth-order valence-electron chi connectivity index (χ4n) is 1.72. The average molecular weight is 299 g/mol. The highest BCUT2D eigenvalue weighted by molar-refractivity contribution is 7.10. The van der Waals surface area contributed by atoms with Crippen LogP contribution in [0.5, 0.6) is 0 Å². The lowest BCUT2D eigenvalue weighted by Crippen LogP contribution is -2.29. The van der Waals surface area contributed by atoms with Gasteiger partial charge in [-0.2, -0.15) is 0 Å². The van der Waals surface area contributed by atoms with Gasteiger partial charge in [0.25, 0.3) is 0 Å². The molecule has 6 nitrogen and oxygen atoms in total. The molecule has 0 aliphatic carbocycles. The molecule has 0 aromatic carbocycles. The van der Waals surface area contributed by atoms with Gasteiger partial charge in [0.05, 0.1) is 12.5 Å². The molecule has 0 saturated carbocycles. The van der Waals surface area contributed by atoms with Crippen molar-refractivity contribution < 1.29 is 24.6 Å². The van der Waals surface area contributed by atoms with Gasteiger partial charge in [0.2, 0.25) is 5.91 Å². The lowest BCUT2D eigenvalue weighted by Gasteiger charge is -2.15. The molecule has 1 aromatic rings. The van der Waals surface area contributed by atoms with Crippen molar-refractivity contribution in [1.82, 2.24) is 5.32 Å². The number of carbonyl (C=O) groups is 3. The van der Waals surface area contributed by atoms with Crippen LogP contribution in [0.25, 0.3) is 0 Å². The van der Waals surface area contributed by atoms with E-state index < -0.39 is 18.0 Å². The maximum atomic E-state index is 11.7. The van der Waals surface area contributed by atoms with Crippen molar-refractivity contribution in [3.05, 3.63) is 22.4 Å². The number of carbonyl (C=O) groups excluding carboxylic acids is 1. The summed E-state index contributed by atoms with van der Waals surface area (Å²) < 4.78 is 0. The SMILES string of the molecule is O=C(O)CCCCC(=O)NC(CC(=O)O)c1cccs1. The molecule has 1 atom stereocenters. The van der Waals surface area contributed by atoms with Gasteiger partial charge in [0, 0.05) is 17.7 Å². The molecule has 3 N–H and O–H groups in total. The fourth-order valence-corrected chi connectivity index (χ4v) is 2.49. The molecular weight excluding hydrogens is 282 g/mol. The van der Waals surface area contributed by atoms with Crippen LogP contribution in [0, 0.1) is 0 Å². The maximum Gasteiger partial charge on any atom is 0.305 e. The van der Waals surface area contributed by atoms with Crippen molar-refractivity contribution >= 4 is 29.2 Å². The van der Waals surface area contributed by atoms with Gasteiger partial charge >= 0.3 is 11.9 Å². The summed E-state index contributed by atoms with van der Waals surface area (Å²) in [7, 11) is 0. The predicted molar refractivity (Wildman–Crippen MR) is 73.6 cm³/mol. The highest BCUT2D eigenvalue weighted by Gasteiger charge is 2.18. The Morgan fingerprint density at radius 3 is 2.40 bits per heavy atom. The Morgan fingerprint density at radius 1 is 1.15 bits per heavy atom. The molecule has 0 aliphatic rings. The maximum absolute atomic E-state index is 11.7. The highest BCUT2D eigenvalue weighted by Crippen LogP contribution is 2.22. The number of unbranched alkanes of at least 4 members (excludes halogenated alkanes) is 1. The summed E-state index contributed by atoms with van der Waals surface area (Å²) in [5.74, 6) is -2.11. The number of nitrogens with one attached hydrogen (secondary N) is 1. The van der Waals surface area contributed by atoms with Crippen LogP contribution in [0.15, 0.2) is 17.5 Å². The number of carboxylic acid groups (broad SMARTS) is 2. The van der Waals surface area contributed by atoms with E-state index in [1.807, 2.05) is 5.38 Å². The summed E-state index contributed by atoms with van der Waals surface area (Å²) >= 11 is 1.39. The first kappa shape index (κ1) is 16.2. The second kappa shape index (κ2) is 8.31. The number of hydrogen-bond acceptors (Lipinski definition) is 4. The van der Waals surface area contributed by atoms with E-state index >= 15 is 0 Å². The van der Waals surface area contributed by atoms with Gasteiger partial charge in [-0.05, 0) is 24.3 Å². The minimum atomic E-state index is -0.977. The van der Waals surface area contributed by atoms with Crippen molar-refractivity contribution in [3.63, 3.8) is 0 Å². The lowest BCUT2D eigenvalue weighted by atomic mass is 10.1. The number of carboxylic acids is 2. The number of amides is 1.